The zero-order valence-corrected chi connectivity index (χ0v) is 11.8. The van der Waals surface area contributed by atoms with Crippen molar-refractivity contribution in [2.45, 2.75) is 26.7 Å². The molecule has 1 saturated heterocycles. The van der Waals surface area contributed by atoms with Gasteiger partial charge in [-0.15, -0.1) is 0 Å². The number of nitrogens with one attached hydrogen (secondary N) is 2. The van der Waals surface area contributed by atoms with E-state index < -0.39 is 0 Å². The molecule has 0 aliphatic carbocycles. The summed E-state index contributed by atoms with van der Waals surface area (Å²) in [5, 5.41) is 6.83. The molecule has 1 atom stereocenters. The topological polar surface area (TPSA) is 67.2 Å². The monoisotopic (exact) mass is 261 g/mol. The fraction of sp³-hybridized carbons (Fsp3) is 0.533. The molecular weight excluding hydrogens is 238 g/mol. The maximum absolute atomic E-state index is 11.4. The van der Waals surface area contributed by atoms with Crippen molar-refractivity contribution in [1.82, 2.24) is 5.32 Å². The number of hydrogen-bond donors (Lipinski definition) is 3. The summed E-state index contributed by atoms with van der Waals surface area (Å²) < 4.78 is 0. The lowest BCUT2D eigenvalue weighted by atomic mass is 9.82. The normalized spacial score (nSPS) is 23.1. The highest BCUT2D eigenvalue weighted by molar-refractivity contribution is 5.98. The van der Waals surface area contributed by atoms with E-state index in [0.717, 1.165) is 30.9 Å². The summed E-state index contributed by atoms with van der Waals surface area (Å²) >= 11 is 0. The molecule has 0 aromatic heterocycles. The lowest BCUT2D eigenvalue weighted by Crippen LogP contribution is -2.42. The van der Waals surface area contributed by atoms with Gasteiger partial charge in [0, 0.05) is 18.8 Å². The number of benzene rings is 1. The molecule has 1 aliphatic heterocycles. The highest BCUT2D eigenvalue weighted by Crippen LogP contribution is 2.27. The van der Waals surface area contributed by atoms with Crippen molar-refractivity contribution in [3.8, 4) is 0 Å². The molecule has 1 aromatic rings. The minimum Gasteiger partial charge on any atom is -0.384 e. The van der Waals surface area contributed by atoms with Crippen LogP contribution in [-0.4, -0.2) is 25.5 Å². The summed E-state index contributed by atoms with van der Waals surface area (Å²) in [5.74, 6) is -0.380. The summed E-state index contributed by atoms with van der Waals surface area (Å²) in [6.07, 6.45) is 2.40. The molecule has 0 spiro atoms. The summed E-state index contributed by atoms with van der Waals surface area (Å²) in [6.45, 7) is 7.25. The second-order valence-corrected chi connectivity index (χ2v) is 5.86. The molecule has 1 unspecified atom stereocenters. The number of anilines is 1. The van der Waals surface area contributed by atoms with Crippen molar-refractivity contribution in [3.05, 3.63) is 29.3 Å². The van der Waals surface area contributed by atoms with Gasteiger partial charge < -0.3 is 16.4 Å². The fourth-order valence-electron chi connectivity index (χ4n) is 2.60. The third kappa shape index (κ3) is 3.47. The number of amides is 1. The maximum Gasteiger partial charge on any atom is 0.250 e. The van der Waals surface area contributed by atoms with Crippen molar-refractivity contribution >= 4 is 11.6 Å². The molecule has 1 aliphatic rings. The largest absolute Gasteiger partial charge is 0.384 e. The van der Waals surface area contributed by atoms with E-state index in [4.69, 9.17) is 5.73 Å². The van der Waals surface area contributed by atoms with Crippen molar-refractivity contribution < 1.29 is 4.79 Å². The molecule has 0 bridgehead atoms. The Morgan fingerprint density at radius 1 is 1.53 bits per heavy atom. The van der Waals surface area contributed by atoms with Gasteiger partial charge in [-0.1, -0.05) is 13.0 Å². The van der Waals surface area contributed by atoms with Crippen LogP contribution in [0.2, 0.25) is 0 Å². The number of hydrogen-bond acceptors (Lipinski definition) is 3. The van der Waals surface area contributed by atoms with Gasteiger partial charge in [0.2, 0.25) is 0 Å². The van der Waals surface area contributed by atoms with Crippen molar-refractivity contribution in [3.63, 3.8) is 0 Å². The SMILES string of the molecule is Cc1ccc(C(N)=O)c(NCC2(C)CCCNC2)c1. The van der Waals surface area contributed by atoms with Crippen LogP contribution in [0, 0.1) is 12.3 Å². The number of carbonyl (C=O) groups excluding carboxylic acids is 1. The van der Waals surface area contributed by atoms with E-state index in [1.165, 1.54) is 12.8 Å². The van der Waals surface area contributed by atoms with Gasteiger partial charge in [-0.25, -0.2) is 0 Å². The van der Waals surface area contributed by atoms with E-state index in [1.54, 1.807) is 6.07 Å². The second-order valence-electron chi connectivity index (χ2n) is 5.86. The van der Waals surface area contributed by atoms with Crippen LogP contribution >= 0.6 is 0 Å². The molecule has 0 radical (unpaired) electrons. The molecule has 2 rings (SSSR count). The zero-order chi connectivity index (χ0) is 13.9. The molecule has 1 aromatic carbocycles. The van der Waals surface area contributed by atoms with E-state index in [1.807, 2.05) is 19.1 Å². The molecule has 19 heavy (non-hydrogen) atoms. The summed E-state index contributed by atoms with van der Waals surface area (Å²) in [6, 6.07) is 5.69. The van der Waals surface area contributed by atoms with Crippen LogP contribution in [0.15, 0.2) is 18.2 Å². The molecule has 1 fully saturated rings. The Morgan fingerprint density at radius 3 is 2.95 bits per heavy atom. The van der Waals surface area contributed by atoms with Crippen LogP contribution < -0.4 is 16.4 Å². The number of nitrogens with two attached hydrogens (primary N) is 1. The number of aryl methyl sites for hydroxylation is 1. The third-order valence-corrected chi connectivity index (χ3v) is 3.83. The summed E-state index contributed by atoms with van der Waals surface area (Å²) in [5.41, 5.74) is 8.19. The van der Waals surface area contributed by atoms with E-state index in [0.29, 0.717) is 5.56 Å². The Kier molecular flexibility index (Phi) is 4.10. The minimum atomic E-state index is -0.380. The van der Waals surface area contributed by atoms with Gasteiger partial charge in [0.15, 0.2) is 0 Å². The van der Waals surface area contributed by atoms with Gasteiger partial charge >= 0.3 is 0 Å². The second kappa shape index (κ2) is 5.61. The third-order valence-electron chi connectivity index (χ3n) is 3.83. The molecule has 0 saturated carbocycles. The van der Waals surface area contributed by atoms with Gasteiger partial charge in [-0.05, 0) is 49.4 Å². The van der Waals surface area contributed by atoms with Crippen LogP contribution in [0.1, 0.15) is 35.7 Å². The minimum absolute atomic E-state index is 0.233. The van der Waals surface area contributed by atoms with Crippen LogP contribution in [-0.2, 0) is 0 Å². The van der Waals surface area contributed by atoms with Gasteiger partial charge in [-0.3, -0.25) is 4.79 Å². The van der Waals surface area contributed by atoms with E-state index in [2.05, 4.69) is 17.6 Å². The quantitative estimate of drug-likeness (QED) is 0.775. The first-order chi connectivity index (χ1) is 9.00. The van der Waals surface area contributed by atoms with Crippen LogP contribution in [0.5, 0.6) is 0 Å². The van der Waals surface area contributed by atoms with Crippen LogP contribution in [0.3, 0.4) is 0 Å². The predicted octanol–water partition coefficient (Wildman–Crippen LogP) is 1.90. The first kappa shape index (κ1) is 13.9. The summed E-state index contributed by atoms with van der Waals surface area (Å²) in [4.78, 5) is 11.4. The van der Waals surface area contributed by atoms with Gasteiger partial charge in [0.25, 0.3) is 5.91 Å². The Balaban J connectivity index is 2.10. The molecule has 4 heteroatoms. The highest BCUT2D eigenvalue weighted by atomic mass is 16.1. The van der Waals surface area contributed by atoms with Gasteiger partial charge in [0.1, 0.15) is 0 Å². The maximum atomic E-state index is 11.4. The zero-order valence-electron chi connectivity index (χ0n) is 11.8. The van der Waals surface area contributed by atoms with Crippen LogP contribution in [0.25, 0.3) is 0 Å². The standard InChI is InChI=1S/C15H23N3O/c1-11-4-5-12(14(16)19)13(8-11)18-10-15(2)6-3-7-17-9-15/h4-5,8,17-18H,3,6-7,9-10H2,1-2H3,(H2,16,19). The van der Waals surface area contributed by atoms with Crippen LogP contribution in [0.4, 0.5) is 5.69 Å². The molecule has 1 heterocycles. The number of carbonyl (C=O) groups is 1. The van der Waals surface area contributed by atoms with E-state index in [9.17, 15) is 4.79 Å². The first-order valence-electron chi connectivity index (χ1n) is 6.85. The van der Waals surface area contributed by atoms with Crippen molar-refractivity contribution in [1.29, 1.82) is 0 Å². The molecule has 4 N–H and O–H groups in total. The van der Waals surface area contributed by atoms with E-state index >= 15 is 0 Å². The molecular formula is C15H23N3O. The smallest absolute Gasteiger partial charge is 0.250 e. The lowest BCUT2D eigenvalue weighted by molar-refractivity contribution is 0.100. The summed E-state index contributed by atoms with van der Waals surface area (Å²) in [7, 11) is 0. The lowest BCUT2D eigenvalue weighted by Gasteiger charge is -2.34. The number of primary amides is 1. The molecule has 1 amide bonds. The average molecular weight is 261 g/mol. The highest BCUT2D eigenvalue weighted by Gasteiger charge is 2.26. The average Bonchev–Trinajstić information content (AvgIpc) is 2.37. The van der Waals surface area contributed by atoms with Crippen molar-refractivity contribution in [2.24, 2.45) is 11.1 Å². The first-order valence-corrected chi connectivity index (χ1v) is 6.85. The predicted molar refractivity (Wildman–Crippen MR) is 78.4 cm³/mol. The van der Waals surface area contributed by atoms with Gasteiger partial charge in [0.05, 0.1) is 5.56 Å². The number of rotatable bonds is 4. The van der Waals surface area contributed by atoms with Crippen molar-refractivity contribution in [2.75, 3.05) is 25.0 Å². The number of piperidine rings is 1. The molecule has 4 nitrogen and oxygen atoms in total. The Labute approximate surface area is 114 Å². The van der Waals surface area contributed by atoms with E-state index in [-0.39, 0.29) is 11.3 Å². The fourth-order valence-corrected chi connectivity index (χ4v) is 2.60. The Hall–Kier alpha value is -1.55. The Bertz CT molecular complexity index is 464. The van der Waals surface area contributed by atoms with Gasteiger partial charge in [-0.2, -0.15) is 0 Å². The molecule has 104 valence electrons. The Morgan fingerprint density at radius 2 is 2.32 bits per heavy atom.